The first kappa shape index (κ1) is 24.3. The largest absolute Gasteiger partial charge is 0.350 e. The van der Waals surface area contributed by atoms with E-state index in [2.05, 4.69) is 50.5 Å². The number of aromatic nitrogens is 1. The molecule has 30 heavy (non-hydrogen) atoms. The number of hydrogen-bond acceptors (Lipinski definition) is 5. The fraction of sp³-hybridized carbons (Fsp3) is 0.609. The Labute approximate surface area is 184 Å². The summed E-state index contributed by atoms with van der Waals surface area (Å²) in [6.07, 6.45) is 2.42. The van der Waals surface area contributed by atoms with Crippen molar-refractivity contribution in [2.24, 2.45) is 11.7 Å². The highest BCUT2D eigenvalue weighted by Crippen LogP contribution is 2.27. The SMILES string of the molecule is CCCC(=O)N[C@@H](Cc1nc2ccc(C(C)C)cc2s1)C(=O)N[C@H](CN)[C@@H](C)CC. The van der Waals surface area contributed by atoms with Crippen LogP contribution in [-0.4, -0.2) is 35.4 Å². The molecule has 0 bridgehead atoms. The second kappa shape index (κ2) is 11.4. The van der Waals surface area contributed by atoms with Gasteiger partial charge in [0, 0.05) is 25.4 Å². The third kappa shape index (κ3) is 6.51. The minimum absolute atomic E-state index is 0.114. The molecule has 1 aromatic carbocycles. The van der Waals surface area contributed by atoms with E-state index in [0.717, 1.165) is 28.1 Å². The number of benzene rings is 1. The van der Waals surface area contributed by atoms with Gasteiger partial charge in [0.05, 0.1) is 15.2 Å². The standard InChI is InChI=1S/C23H36N4O2S/c1-6-8-21(28)25-18(23(29)27-19(13-24)15(5)7-2)12-22-26-17-10-9-16(14(3)4)11-20(17)30-22/h9-11,14-15,18-19H,6-8,12-13,24H2,1-5H3,(H,25,28)(H,27,29)/t15-,18-,19+/m0/s1. The van der Waals surface area contributed by atoms with Crippen molar-refractivity contribution in [2.45, 2.75) is 78.3 Å². The van der Waals surface area contributed by atoms with E-state index in [-0.39, 0.29) is 23.8 Å². The first-order chi connectivity index (χ1) is 14.3. The van der Waals surface area contributed by atoms with Crippen molar-refractivity contribution in [3.63, 3.8) is 0 Å². The molecule has 0 aliphatic carbocycles. The average molecular weight is 433 g/mol. The molecule has 2 aromatic rings. The maximum Gasteiger partial charge on any atom is 0.243 e. The monoisotopic (exact) mass is 432 g/mol. The van der Waals surface area contributed by atoms with Gasteiger partial charge in [-0.05, 0) is 36.0 Å². The van der Waals surface area contributed by atoms with Gasteiger partial charge in [0.1, 0.15) is 6.04 Å². The molecule has 7 heteroatoms. The van der Waals surface area contributed by atoms with E-state index >= 15 is 0 Å². The number of fused-ring (bicyclic) bond motifs is 1. The van der Waals surface area contributed by atoms with E-state index in [1.807, 2.05) is 13.0 Å². The van der Waals surface area contributed by atoms with Crippen LogP contribution in [0.5, 0.6) is 0 Å². The molecule has 0 fully saturated rings. The van der Waals surface area contributed by atoms with Crippen LogP contribution in [0, 0.1) is 5.92 Å². The van der Waals surface area contributed by atoms with Gasteiger partial charge in [0.2, 0.25) is 11.8 Å². The van der Waals surface area contributed by atoms with Gasteiger partial charge in [-0.3, -0.25) is 9.59 Å². The maximum atomic E-state index is 13.0. The van der Waals surface area contributed by atoms with Gasteiger partial charge < -0.3 is 16.4 Å². The Balaban J connectivity index is 2.22. The van der Waals surface area contributed by atoms with Crippen LogP contribution in [-0.2, 0) is 16.0 Å². The molecule has 2 amide bonds. The van der Waals surface area contributed by atoms with Gasteiger partial charge in [-0.1, -0.05) is 47.1 Å². The molecular weight excluding hydrogens is 396 g/mol. The van der Waals surface area contributed by atoms with E-state index in [9.17, 15) is 9.59 Å². The van der Waals surface area contributed by atoms with Gasteiger partial charge >= 0.3 is 0 Å². The Morgan fingerprint density at radius 2 is 1.90 bits per heavy atom. The van der Waals surface area contributed by atoms with Crippen LogP contribution < -0.4 is 16.4 Å². The lowest BCUT2D eigenvalue weighted by atomic mass is 9.98. The van der Waals surface area contributed by atoms with Crippen molar-refractivity contribution in [1.82, 2.24) is 15.6 Å². The molecule has 0 radical (unpaired) electrons. The van der Waals surface area contributed by atoms with E-state index in [4.69, 9.17) is 10.7 Å². The van der Waals surface area contributed by atoms with Crippen molar-refractivity contribution in [3.05, 3.63) is 28.8 Å². The van der Waals surface area contributed by atoms with Crippen LogP contribution in [0.2, 0.25) is 0 Å². The molecule has 6 nitrogen and oxygen atoms in total. The molecule has 1 heterocycles. The molecule has 166 valence electrons. The smallest absolute Gasteiger partial charge is 0.243 e. The quantitative estimate of drug-likeness (QED) is 0.504. The lowest BCUT2D eigenvalue weighted by Crippen LogP contribution is -2.53. The van der Waals surface area contributed by atoms with Crippen LogP contribution in [0.3, 0.4) is 0 Å². The first-order valence-electron chi connectivity index (χ1n) is 11.0. The highest BCUT2D eigenvalue weighted by Gasteiger charge is 2.26. The number of nitrogens with zero attached hydrogens (tertiary/aromatic N) is 1. The van der Waals surface area contributed by atoms with Crippen molar-refractivity contribution in [1.29, 1.82) is 0 Å². The van der Waals surface area contributed by atoms with Crippen LogP contribution >= 0.6 is 11.3 Å². The summed E-state index contributed by atoms with van der Waals surface area (Å²) >= 11 is 1.58. The van der Waals surface area contributed by atoms with Gasteiger partial charge in [0.25, 0.3) is 0 Å². The molecular formula is C23H36N4O2S. The second-order valence-electron chi connectivity index (χ2n) is 8.30. The second-order valence-corrected chi connectivity index (χ2v) is 9.42. The van der Waals surface area contributed by atoms with Crippen molar-refractivity contribution >= 4 is 33.4 Å². The van der Waals surface area contributed by atoms with Gasteiger partial charge in [-0.2, -0.15) is 0 Å². The summed E-state index contributed by atoms with van der Waals surface area (Å²) in [5, 5.41) is 6.79. The zero-order valence-electron chi connectivity index (χ0n) is 18.8. The zero-order valence-corrected chi connectivity index (χ0v) is 19.6. The summed E-state index contributed by atoms with van der Waals surface area (Å²) in [6, 6.07) is 5.52. The lowest BCUT2D eigenvalue weighted by Gasteiger charge is -2.26. The normalized spacial score (nSPS) is 14.5. The number of thiazole rings is 1. The van der Waals surface area contributed by atoms with Gasteiger partial charge in [-0.15, -0.1) is 11.3 Å². The number of rotatable bonds is 11. The number of nitrogens with one attached hydrogen (secondary N) is 2. The lowest BCUT2D eigenvalue weighted by molar-refractivity contribution is -0.129. The van der Waals surface area contributed by atoms with Crippen molar-refractivity contribution in [2.75, 3.05) is 6.54 Å². The number of carbonyl (C=O) groups is 2. The number of carbonyl (C=O) groups excluding carboxylic acids is 2. The number of nitrogens with two attached hydrogens (primary N) is 1. The Morgan fingerprint density at radius 3 is 2.50 bits per heavy atom. The third-order valence-electron chi connectivity index (χ3n) is 5.54. The van der Waals surface area contributed by atoms with Crippen molar-refractivity contribution in [3.8, 4) is 0 Å². The predicted molar refractivity (Wildman–Crippen MR) is 125 cm³/mol. The summed E-state index contributed by atoms with van der Waals surface area (Å²) in [6.45, 7) is 10.8. The van der Waals surface area contributed by atoms with E-state index in [1.165, 1.54) is 5.56 Å². The molecule has 0 aliphatic rings. The molecule has 2 rings (SSSR count). The molecule has 0 spiro atoms. The summed E-state index contributed by atoms with van der Waals surface area (Å²) in [7, 11) is 0. The molecule has 3 atom stereocenters. The molecule has 0 saturated carbocycles. The molecule has 0 aliphatic heterocycles. The Bertz CT molecular complexity index is 849. The minimum Gasteiger partial charge on any atom is -0.350 e. The van der Waals surface area contributed by atoms with Crippen LogP contribution in [0.4, 0.5) is 0 Å². The number of hydrogen-bond donors (Lipinski definition) is 3. The minimum atomic E-state index is -0.660. The van der Waals surface area contributed by atoms with Crippen LogP contribution in [0.25, 0.3) is 10.2 Å². The third-order valence-corrected chi connectivity index (χ3v) is 6.58. The Morgan fingerprint density at radius 1 is 1.17 bits per heavy atom. The highest BCUT2D eigenvalue weighted by atomic mass is 32.1. The van der Waals surface area contributed by atoms with E-state index in [1.54, 1.807) is 11.3 Å². The summed E-state index contributed by atoms with van der Waals surface area (Å²) in [4.78, 5) is 30.0. The van der Waals surface area contributed by atoms with E-state index in [0.29, 0.717) is 25.3 Å². The fourth-order valence-electron chi connectivity index (χ4n) is 3.31. The van der Waals surface area contributed by atoms with Gasteiger partial charge in [0.15, 0.2) is 0 Å². The van der Waals surface area contributed by atoms with Crippen molar-refractivity contribution < 1.29 is 9.59 Å². The number of amides is 2. The summed E-state index contributed by atoms with van der Waals surface area (Å²) < 4.78 is 1.11. The maximum absolute atomic E-state index is 13.0. The topological polar surface area (TPSA) is 97.1 Å². The predicted octanol–water partition coefficient (Wildman–Crippen LogP) is 3.74. The van der Waals surface area contributed by atoms with Gasteiger partial charge in [-0.25, -0.2) is 4.98 Å². The molecule has 0 unspecified atom stereocenters. The molecule has 4 N–H and O–H groups in total. The highest BCUT2D eigenvalue weighted by molar-refractivity contribution is 7.18. The van der Waals surface area contributed by atoms with Crippen LogP contribution in [0.15, 0.2) is 18.2 Å². The fourth-order valence-corrected chi connectivity index (χ4v) is 4.38. The summed E-state index contributed by atoms with van der Waals surface area (Å²) in [5.74, 6) is 0.398. The average Bonchev–Trinajstić information content (AvgIpc) is 3.12. The summed E-state index contributed by atoms with van der Waals surface area (Å²) in [5.41, 5.74) is 8.07. The first-order valence-corrected chi connectivity index (χ1v) is 11.8. The zero-order chi connectivity index (χ0) is 22.3. The van der Waals surface area contributed by atoms with Crippen LogP contribution in [0.1, 0.15) is 70.4 Å². The Hall–Kier alpha value is -1.99. The Kier molecular flexibility index (Phi) is 9.24. The van der Waals surface area contributed by atoms with E-state index < -0.39 is 6.04 Å². The molecule has 0 saturated heterocycles. The molecule has 1 aromatic heterocycles.